The van der Waals surface area contributed by atoms with Crippen LogP contribution in [0.4, 0.5) is 5.69 Å². The number of hydrogen-bond acceptors (Lipinski definition) is 4. The second kappa shape index (κ2) is 5.28. The molecule has 1 aliphatic rings. The van der Waals surface area contributed by atoms with Crippen LogP contribution in [0.2, 0.25) is 0 Å². The molecule has 2 N–H and O–H groups in total. The summed E-state index contributed by atoms with van der Waals surface area (Å²) in [5.74, 6) is 0. The lowest BCUT2D eigenvalue weighted by Crippen LogP contribution is -2.44. The van der Waals surface area contributed by atoms with Crippen LogP contribution in [-0.4, -0.2) is 33.8 Å². The molecule has 0 radical (unpaired) electrons. The van der Waals surface area contributed by atoms with Crippen LogP contribution in [-0.2, 0) is 9.84 Å². The van der Waals surface area contributed by atoms with Crippen molar-refractivity contribution in [2.24, 2.45) is 5.73 Å². The first kappa shape index (κ1) is 13.4. The van der Waals surface area contributed by atoms with Gasteiger partial charge in [0.05, 0.1) is 4.90 Å². The molecule has 1 heterocycles. The zero-order chi connectivity index (χ0) is 13.2. The fraction of sp³-hybridized carbons (Fsp3) is 0.538. The van der Waals surface area contributed by atoms with E-state index in [0.29, 0.717) is 17.5 Å². The first-order chi connectivity index (χ1) is 8.52. The number of sulfone groups is 1. The summed E-state index contributed by atoms with van der Waals surface area (Å²) in [5, 5.41) is 0. The highest BCUT2D eigenvalue weighted by Crippen LogP contribution is 2.25. The van der Waals surface area contributed by atoms with E-state index in [1.54, 1.807) is 12.1 Å². The second-order valence-electron chi connectivity index (χ2n) is 4.84. The molecule has 1 aliphatic heterocycles. The standard InChI is InChI=1S/C13H20N2O2S/c1-18(16,17)13-7-5-11(6-8-13)15-9-3-2-4-12(15)10-14/h5-8,12H,2-4,9-10,14H2,1H3. The van der Waals surface area contributed by atoms with Crippen molar-refractivity contribution in [1.82, 2.24) is 0 Å². The molecule has 100 valence electrons. The minimum absolute atomic E-state index is 0.368. The third-order valence-corrected chi connectivity index (χ3v) is 4.62. The molecule has 4 nitrogen and oxygen atoms in total. The van der Waals surface area contributed by atoms with Crippen molar-refractivity contribution in [2.75, 3.05) is 24.2 Å². The Hall–Kier alpha value is -1.07. The molecule has 0 bridgehead atoms. The predicted molar refractivity (Wildman–Crippen MR) is 73.6 cm³/mol. The molecule has 0 saturated carbocycles. The summed E-state index contributed by atoms with van der Waals surface area (Å²) in [6.45, 7) is 1.65. The van der Waals surface area contributed by atoms with Gasteiger partial charge in [0.25, 0.3) is 0 Å². The Morgan fingerprint density at radius 2 is 1.94 bits per heavy atom. The summed E-state index contributed by atoms with van der Waals surface area (Å²) in [7, 11) is -3.11. The van der Waals surface area contributed by atoms with Gasteiger partial charge in [-0.2, -0.15) is 0 Å². The van der Waals surface area contributed by atoms with E-state index in [2.05, 4.69) is 4.90 Å². The van der Waals surface area contributed by atoms with Crippen LogP contribution in [0, 0.1) is 0 Å². The molecule has 0 aromatic heterocycles. The fourth-order valence-corrected chi connectivity index (χ4v) is 3.10. The zero-order valence-electron chi connectivity index (χ0n) is 10.7. The molecule has 1 unspecified atom stereocenters. The Morgan fingerprint density at radius 1 is 1.28 bits per heavy atom. The average molecular weight is 268 g/mol. The van der Waals surface area contributed by atoms with E-state index in [0.717, 1.165) is 18.7 Å². The number of hydrogen-bond donors (Lipinski definition) is 1. The maximum Gasteiger partial charge on any atom is 0.175 e. The van der Waals surface area contributed by atoms with Crippen LogP contribution in [0.3, 0.4) is 0 Å². The van der Waals surface area contributed by atoms with Crippen LogP contribution < -0.4 is 10.6 Å². The van der Waals surface area contributed by atoms with Gasteiger partial charge < -0.3 is 10.6 Å². The van der Waals surface area contributed by atoms with Gasteiger partial charge in [0, 0.05) is 31.1 Å². The lowest BCUT2D eigenvalue weighted by atomic mass is 10.0. The normalized spacial score (nSPS) is 21.0. The Bertz CT molecular complexity index is 496. The first-order valence-corrected chi connectivity index (χ1v) is 8.18. The molecule has 1 aromatic rings. The monoisotopic (exact) mass is 268 g/mol. The summed E-state index contributed by atoms with van der Waals surface area (Å²) in [6, 6.07) is 7.48. The third-order valence-electron chi connectivity index (χ3n) is 3.50. The number of anilines is 1. The van der Waals surface area contributed by atoms with Gasteiger partial charge in [-0.1, -0.05) is 0 Å². The van der Waals surface area contributed by atoms with Crippen molar-refractivity contribution in [1.29, 1.82) is 0 Å². The van der Waals surface area contributed by atoms with Gasteiger partial charge in [-0.15, -0.1) is 0 Å². The Balaban J connectivity index is 2.23. The number of benzene rings is 1. The molecule has 0 amide bonds. The average Bonchev–Trinajstić information content (AvgIpc) is 2.38. The van der Waals surface area contributed by atoms with Gasteiger partial charge >= 0.3 is 0 Å². The number of nitrogens with two attached hydrogens (primary N) is 1. The summed E-state index contributed by atoms with van der Waals surface area (Å²) in [6.07, 6.45) is 4.74. The van der Waals surface area contributed by atoms with Gasteiger partial charge in [-0.05, 0) is 43.5 Å². The SMILES string of the molecule is CS(=O)(=O)c1ccc(N2CCCCC2CN)cc1. The highest BCUT2D eigenvalue weighted by molar-refractivity contribution is 7.90. The van der Waals surface area contributed by atoms with Crippen LogP contribution in [0.5, 0.6) is 0 Å². The molecule has 0 aliphatic carbocycles. The summed E-state index contributed by atoms with van der Waals surface area (Å²) >= 11 is 0. The lowest BCUT2D eigenvalue weighted by molar-refractivity contribution is 0.465. The van der Waals surface area contributed by atoms with Crippen molar-refractivity contribution >= 4 is 15.5 Å². The van der Waals surface area contributed by atoms with Gasteiger partial charge in [0.2, 0.25) is 0 Å². The van der Waals surface area contributed by atoms with Crippen molar-refractivity contribution in [3.63, 3.8) is 0 Å². The molecule has 0 spiro atoms. The molecular weight excluding hydrogens is 248 g/mol. The topological polar surface area (TPSA) is 63.4 Å². The van der Waals surface area contributed by atoms with E-state index in [4.69, 9.17) is 5.73 Å². The van der Waals surface area contributed by atoms with Crippen LogP contribution in [0.25, 0.3) is 0 Å². The quantitative estimate of drug-likeness (QED) is 0.900. The minimum Gasteiger partial charge on any atom is -0.367 e. The maximum atomic E-state index is 11.4. The largest absolute Gasteiger partial charge is 0.367 e. The summed E-state index contributed by atoms with van der Waals surface area (Å²) < 4.78 is 22.8. The van der Waals surface area contributed by atoms with E-state index in [-0.39, 0.29) is 0 Å². The van der Waals surface area contributed by atoms with E-state index >= 15 is 0 Å². The number of piperidine rings is 1. The van der Waals surface area contributed by atoms with Crippen molar-refractivity contribution in [3.05, 3.63) is 24.3 Å². The van der Waals surface area contributed by atoms with Crippen LogP contribution in [0.15, 0.2) is 29.2 Å². The van der Waals surface area contributed by atoms with E-state index in [9.17, 15) is 8.42 Å². The summed E-state index contributed by atoms with van der Waals surface area (Å²) in [5.41, 5.74) is 6.86. The van der Waals surface area contributed by atoms with E-state index < -0.39 is 9.84 Å². The molecule has 1 atom stereocenters. The highest BCUT2D eigenvalue weighted by atomic mass is 32.2. The maximum absolute atomic E-state index is 11.4. The van der Waals surface area contributed by atoms with Gasteiger partial charge in [-0.25, -0.2) is 8.42 Å². The van der Waals surface area contributed by atoms with Crippen molar-refractivity contribution in [3.8, 4) is 0 Å². The molecule has 1 saturated heterocycles. The summed E-state index contributed by atoms with van der Waals surface area (Å²) in [4.78, 5) is 2.66. The molecule has 1 aromatic carbocycles. The lowest BCUT2D eigenvalue weighted by Gasteiger charge is -2.37. The molecule has 5 heteroatoms. The van der Waals surface area contributed by atoms with E-state index in [1.807, 2.05) is 12.1 Å². The van der Waals surface area contributed by atoms with Crippen LogP contribution in [0.1, 0.15) is 19.3 Å². The second-order valence-corrected chi connectivity index (χ2v) is 6.86. The molecule has 1 fully saturated rings. The highest BCUT2D eigenvalue weighted by Gasteiger charge is 2.21. The number of nitrogens with zero attached hydrogens (tertiary/aromatic N) is 1. The molecular formula is C13H20N2O2S. The van der Waals surface area contributed by atoms with Gasteiger partial charge in [-0.3, -0.25) is 0 Å². The number of rotatable bonds is 3. The Kier molecular flexibility index (Phi) is 3.92. The van der Waals surface area contributed by atoms with Gasteiger partial charge in [0.15, 0.2) is 9.84 Å². The fourth-order valence-electron chi connectivity index (χ4n) is 2.47. The third kappa shape index (κ3) is 2.84. The van der Waals surface area contributed by atoms with Crippen molar-refractivity contribution in [2.45, 2.75) is 30.2 Å². The smallest absolute Gasteiger partial charge is 0.175 e. The Labute approximate surface area is 109 Å². The van der Waals surface area contributed by atoms with Gasteiger partial charge in [0.1, 0.15) is 0 Å². The molecule has 18 heavy (non-hydrogen) atoms. The molecule has 2 rings (SSSR count). The predicted octanol–water partition coefficient (Wildman–Crippen LogP) is 1.41. The minimum atomic E-state index is -3.11. The van der Waals surface area contributed by atoms with Crippen molar-refractivity contribution < 1.29 is 8.42 Å². The van der Waals surface area contributed by atoms with Crippen LogP contribution >= 0.6 is 0 Å². The first-order valence-electron chi connectivity index (χ1n) is 6.29. The van der Waals surface area contributed by atoms with E-state index in [1.165, 1.54) is 19.1 Å². The zero-order valence-corrected chi connectivity index (χ0v) is 11.5. The Morgan fingerprint density at radius 3 is 2.50 bits per heavy atom.